The number of hydrogen-bond donors (Lipinski definition) is 0. The molecule has 0 radical (unpaired) electrons. The Labute approximate surface area is 223 Å². The number of ether oxygens (including phenoxy) is 3. The number of methoxy groups -OCH3 is 2. The molecule has 0 aliphatic heterocycles. The van der Waals surface area contributed by atoms with Gasteiger partial charge in [-0.05, 0) is 42.5 Å². The number of nitrogens with zero attached hydrogens (tertiary/aromatic N) is 1. The van der Waals surface area contributed by atoms with Crippen molar-refractivity contribution in [3.63, 3.8) is 0 Å². The Bertz CT molecular complexity index is 1430. The van der Waals surface area contributed by atoms with Crippen molar-refractivity contribution in [1.29, 1.82) is 0 Å². The van der Waals surface area contributed by atoms with Gasteiger partial charge in [0, 0.05) is 23.7 Å². The van der Waals surface area contributed by atoms with Gasteiger partial charge in [-0.25, -0.2) is 13.2 Å². The van der Waals surface area contributed by atoms with Gasteiger partial charge in [0.15, 0.2) is 6.61 Å². The number of esters is 1. The summed E-state index contributed by atoms with van der Waals surface area (Å²) in [6.07, 6.45) is 0. The fourth-order valence-electron chi connectivity index (χ4n) is 3.16. The van der Waals surface area contributed by atoms with Crippen LogP contribution in [0, 0.1) is 0 Å². The SMILES string of the molecule is COc1cc(OC)c(N(C)S(=O)(=O)c2cccc(C(=O)OCC(=O)c3cc(Cl)ccc3Cl)c2)cc1Cl. The first kappa shape index (κ1) is 27.6. The number of sulfonamides is 1. The number of rotatable bonds is 9. The second-order valence-electron chi connectivity index (χ2n) is 7.28. The van der Waals surface area contributed by atoms with E-state index in [9.17, 15) is 18.0 Å². The molecule has 0 aliphatic carbocycles. The van der Waals surface area contributed by atoms with Crippen LogP contribution in [-0.2, 0) is 14.8 Å². The maximum atomic E-state index is 13.3. The van der Waals surface area contributed by atoms with Crippen LogP contribution in [0.4, 0.5) is 5.69 Å². The number of anilines is 1. The average molecular weight is 573 g/mol. The zero-order valence-electron chi connectivity index (χ0n) is 19.3. The Morgan fingerprint density at radius 1 is 0.889 bits per heavy atom. The van der Waals surface area contributed by atoms with Gasteiger partial charge in [-0.3, -0.25) is 9.10 Å². The highest BCUT2D eigenvalue weighted by Gasteiger charge is 2.26. The van der Waals surface area contributed by atoms with E-state index in [2.05, 4.69) is 0 Å². The summed E-state index contributed by atoms with van der Waals surface area (Å²) in [4.78, 5) is 24.8. The first-order chi connectivity index (χ1) is 17.0. The van der Waals surface area contributed by atoms with Crippen LogP contribution in [0.2, 0.25) is 15.1 Å². The van der Waals surface area contributed by atoms with E-state index in [0.29, 0.717) is 10.8 Å². The molecule has 0 spiro atoms. The lowest BCUT2D eigenvalue weighted by molar-refractivity contribution is 0.0474. The molecule has 0 N–H and O–H groups in total. The summed E-state index contributed by atoms with van der Waals surface area (Å²) in [5, 5.41) is 0.633. The lowest BCUT2D eigenvalue weighted by atomic mass is 10.1. The molecule has 0 aromatic heterocycles. The van der Waals surface area contributed by atoms with Crippen LogP contribution in [0.15, 0.2) is 59.5 Å². The lowest BCUT2D eigenvalue weighted by Crippen LogP contribution is -2.27. The molecule has 12 heteroatoms. The van der Waals surface area contributed by atoms with Gasteiger partial charge in [0.2, 0.25) is 5.78 Å². The molecule has 0 saturated carbocycles. The highest BCUT2D eigenvalue weighted by atomic mass is 35.5. The van der Waals surface area contributed by atoms with Crippen molar-refractivity contribution < 1.29 is 32.2 Å². The molecule has 0 atom stereocenters. The van der Waals surface area contributed by atoms with Gasteiger partial charge in [0.25, 0.3) is 10.0 Å². The molecule has 190 valence electrons. The van der Waals surface area contributed by atoms with Crippen molar-refractivity contribution >= 4 is 62.3 Å². The van der Waals surface area contributed by atoms with E-state index in [1.54, 1.807) is 0 Å². The third kappa shape index (κ3) is 5.87. The van der Waals surface area contributed by atoms with E-state index in [1.165, 1.54) is 69.8 Å². The largest absolute Gasteiger partial charge is 0.495 e. The summed E-state index contributed by atoms with van der Waals surface area (Å²) < 4.78 is 43.1. The first-order valence-corrected chi connectivity index (χ1v) is 12.7. The van der Waals surface area contributed by atoms with E-state index in [-0.39, 0.29) is 37.5 Å². The molecular weight excluding hydrogens is 553 g/mol. The molecule has 0 amide bonds. The molecule has 8 nitrogen and oxygen atoms in total. The summed E-state index contributed by atoms with van der Waals surface area (Å²) >= 11 is 18.1. The van der Waals surface area contributed by atoms with Crippen molar-refractivity contribution in [3.8, 4) is 11.5 Å². The molecular formula is C24H20Cl3NO7S. The van der Waals surface area contributed by atoms with E-state index in [0.717, 1.165) is 10.4 Å². The first-order valence-electron chi connectivity index (χ1n) is 10.2. The minimum atomic E-state index is -4.15. The van der Waals surface area contributed by atoms with Crippen LogP contribution >= 0.6 is 34.8 Å². The maximum absolute atomic E-state index is 13.3. The van der Waals surface area contributed by atoms with Crippen LogP contribution in [0.3, 0.4) is 0 Å². The third-order valence-corrected chi connectivity index (χ3v) is 7.71. The maximum Gasteiger partial charge on any atom is 0.338 e. The Hall–Kier alpha value is -2.98. The predicted octanol–water partition coefficient (Wildman–Crippen LogP) is 5.53. The fourth-order valence-corrected chi connectivity index (χ4v) is 5.04. The van der Waals surface area contributed by atoms with Gasteiger partial charge in [0.05, 0.1) is 40.4 Å². The Morgan fingerprint density at radius 3 is 2.25 bits per heavy atom. The van der Waals surface area contributed by atoms with Gasteiger partial charge in [-0.15, -0.1) is 0 Å². The molecule has 0 bridgehead atoms. The molecule has 3 rings (SSSR count). The fraction of sp³-hybridized carbons (Fsp3) is 0.167. The van der Waals surface area contributed by atoms with Crippen molar-refractivity contribution in [2.24, 2.45) is 0 Å². The molecule has 3 aromatic carbocycles. The van der Waals surface area contributed by atoms with Gasteiger partial charge in [-0.1, -0.05) is 40.9 Å². The van der Waals surface area contributed by atoms with Crippen molar-refractivity contribution in [3.05, 3.63) is 80.8 Å². The van der Waals surface area contributed by atoms with Gasteiger partial charge < -0.3 is 14.2 Å². The summed E-state index contributed by atoms with van der Waals surface area (Å²) in [5.74, 6) is -0.952. The van der Waals surface area contributed by atoms with E-state index in [1.807, 2.05) is 0 Å². The van der Waals surface area contributed by atoms with Crippen LogP contribution in [0.1, 0.15) is 20.7 Å². The number of halogens is 3. The molecule has 0 heterocycles. The number of carbonyl (C=O) groups excluding carboxylic acids is 2. The molecule has 0 fully saturated rings. The van der Waals surface area contributed by atoms with Gasteiger partial charge in [0.1, 0.15) is 11.5 Å². The van der Waals surface area contributed by atoms with Crippen LogP contribution < -0.4 is 13.8 Å². The molecule has 0 aliphatic rings. The van der Waals surface area contributed by atoms with Crippen molar-refractivity contribution in [1.82, 2.24) is 0 Å². The summed E-state index contributed by atoms with van der Waals surface area (Å²) in [6, 6.07) is 12.4. The highest BCUT2D eigenvalue weighted by Crippen LogP contribution is 2.39. The van der Waals surface area contributed by atoms with Crippen LogP contribution in [0.5, 0.6) is 11.5 Å². The van der Waals surface area contributed by atoms with E-state index >= 15 is 0 Å². The monoisotopic (exact) mass is 571 g/mol. The zero-order valence-corrected chi connectivity index (χ0v) is 22.3. The summed E-state index contributed by atoms with van der Waals surface area (Å²) in [6.45, 7) is -0.614. The number of ketones is 1. The normalized spacial score (nSPS) is 11.1. The standard InChI is InChI=1S/C24H20Cl3NO7S/c1-28(20-11-19(27)22(33-2)12-23(20)34-3)36(31,32)16-6-4-5-14(9-16)24(30)35-13-21(29)17-10-15(25)7-8-18(17)26/h4-12H,13H2,1-3H3. The second kappa shape index (κ2) is 11.4. The summed E-state index contributed by atoms with van der Waals surface area (Å²) in [7, 11) is -0.0454. The van der Waals surface area contributed by atoms with Crippen molar-refractivity contribution in [2.45, 2.75) is 4.90 Å². The molecule has 0 saturated heterocycles. The average Bonchev–Trinajstić information content (AvgIpc) is 2.87. The smallest absolute Gasteiger partial charge is 0.338 e. The summed E-state index contributed by atoms with van der Waals surface area (Å²) in [5.41, 5.74) is 0.177. The van der Waals surface area contributed by atoms with Crippen molar-refractivity contribution in [2.75, 3.05) is 32.2 Å². The molecule has 3 aromatic rings. The number of hydrogen-bond acceptors (Lipinski definition) is 7. The highest BCUT2D eigenvalue weighted by molar-refractivity contribution is 7.92. The predicted molar refractivity (Wildman–Crippen MR) is 138 cm³/mol. The Morgan fingerprint density at radius 2 is 1.58 bits per heavy atom. The minimum Gasteiger partial charge on any atom is -0.495 e. The molecule has 0 unspecified atom stereocenters. The zero-order chi connectivity index (χ0) is 26.6. The minimum absolute atomic E-state index is 0.0748. The topological polar surface area (TPSA) is 99.2 Å². The van der Waals surface area contributed by atoms with Gasteiger partial charge >= 0.3 is 5.97 Å². The van der Waals surface area contributed by atoms with Crippen LogP contribution in [-0.4, -0.2) is 48.0 Å². The lowest BCUT2D eigenvalue weighted by Gasteiger charge is -2.23. The van der Waals surface area contributed by atoms with Crippen LogP contribution in [0.25, 0.3) is 0 Å². The number of benzene rings is 3. The van der Waals surface area contributed by atoms with E-state index in [4.69, 9.17) is 49.0 Å². The number of carbonyl (C=O) groups is 2. The second-order valence-corrected chi connectivity index (χ2v) is 10.5. The Kier molecular flexibility index (Phi) is 8.73. The van der Waals surface area contributed by atoms with Gasteiger partial charge in [-0.2, -0.15) is 0 Å². The number of Topliss-reactive ketones (excluding diaryl/α,β-unsaturated/α-hetero) is 1. The Balaban J connectivity index is 1.83. The quantitative estimate of drug-likeness (QED) is 0.246. The molecule has 36 heavy (non-hydrogen) atoms. The van der Waals surface area contributed by atoms with E-state index < -0.39 is 28.4 Å². The third-order valence-electron chi connectivity index (χ3n) is 5.08.